The van der Waals surface area contributed by atoms with E-state index in [2.05, 4.69) is 9.72 Å². The molecule has 0 spiro atoms. The van der Waals surface area contributed by atoms with Gasteiger partial charge in [-0.2, -0.15) is 13.1 Å². The van der Waals surface area contributed by atoms with E-state index in [1.54, 1.807) is 24.3 Å². The normalized spacial score (nSPS) is 15.1. The third-order valence-corrected chi connectivity index (χ3v) is 7.14. The summed E-state index contributed by atoms with van der Waals surface area (Å²) < 4.78 is 60.7. The summed E-state index contributed by atoms with van der Waals surface area (Å²) >= 11 is 1.40. The number of ether oxygens (including phenoxy) is 2. The largest absolute Gasteiger partial charge is 0.493 e. The number of methoxy groups -OCH3 is 1. The number of sulfonamides is 1. The predicted octanol–water partition coefficient (Wildman–Crippen LogP) is 3.77. The number of pyridine rings is 1. The molecule has 1 saturated heterocycles. The van der Waals surface area contributed by atoms with Gasteiger partial charge in [-0.25, -0.2) is 13.4 Å². The number of benzene rings is 1. The Labute approximate surface area is 166 Å². The van der Waals surface area contributed by atoms with Crippen molar-refractivity contribution in [2.24, 2.45) is 0 Å². The molecule has 0 bridgehead atoms. The Balaban J connectivity index is 1.65. The molecule has 0 aliphatic carbocycles. The van der Waals surface area contributed by atoms with Gasteiger partial charge in [0.1, 0.15) is 4.90 Å². The minimum atomic E-state index is -3.48. The van der Waals surface area contributed by atoms with Crippen molar-refractivity contribution in [3.63, 3.8) is 0 Å². The summed E-state index contributed by atoms with van der Waals surface area (Å²) in [6, 6.07) is 7.94. The van der Waals surface area contributed by atoms with Crippen LogP contribution in [0.2, 0.25) is 0 Å². The summed E-state index contributed by atoms with van der Waals surface area (Å²) in [6.07, 6.45) is 3.13. The molecule has 28 heavy (non-hydrogen) atoms. The van der Waals surface area contributed by atoms with Crippen LogP contribution in [0.4, 0.5) is 8.78 Å². The molecule has 2 heterocycles. The lowest BCUT2D eigenvalue weighted by Gasteiger charge is -2.15. The number of aromatic nitrogens is 1. The maximum absolute atomic E-state index is 12.5. The molecular weight excluding hydrogens is 410 g/mol. The second kappa shape index (κ2) is 9.06. The number of hydrogen-bond donors (Lipinski definition) is 0. The quantitative estimate of drug-likeness (QED) is 0.594. The molecule has 10 heteroatoms. The highest BCUT2D eigenvalue weighted by Crippen LogP contribution is 2.32. The number of hydrogen-bond acceptors (Lipinski definition) is 6. The van der Waals surface area contributed by atoms with Crippen LogP contribution in [0.15, 0.2) is 46.5 Å². The van der Waals surface area contributed by atoms with E-state index in [0.29, 0.717) is 23.9 Å². The number of nitrogens with zero attached hydrogens (tertiary/aromatic N) is 2. The summed E-state index contributed by atoms with van der Waals surface area (Å²) in [5.74, 6) is 0.704. The second-order valence-corrected chi connectivity index (χ2v) is 9.03. The van der Waals surface area contributed by atoms with Crippen molar-refractivity contribution in [1.82, 2.24) is 9.29 Å². The van der Waals surface area contributed by atoms with Crippen LogP contribution < -0.4 is 9.47 Å². The number of thioether (sulfide) groups is 1. The zero-order valence-corrected chi connectivity index (χ0v) is 16.8. The fraction of sp³-hybridized carbons (Fsp3) is 0.389. The zero-order chi connectivity index (χ0) is 20.1. The van der Waals surface area contributed by atoms with Crippen molar-refractivity contribution in [1.29, 1.82) is 0 Å². The SMILES string of the molecule is COc1cc(CSc2ccc(S(=O)(=O)N3CCCC3)cn2)ccc1OC(F)F. The number of rotatable bonds is 8. The molecule has 0 atom stereocenters. The predicted molar refractivity (Wildman–Crippen MR) is 101 cm³/mol. The summed E-state index contributed by atoms with van der Waals surface area (Å²) in [4.78, 5) is 4.42. The Hall–Kier alpha value is -1.91. The van der Waals surface area contributed by atoms with Crippen molar-refractivity contribution >= 4 is 21.8 Å². The molecule has 0 unspecified atom stereocenters. The Morgan fingerprint density at radius 2 is 1.93 bits per heavy atom. The van der Waals surface area contributed by atoms with Crippen LogP contribution in [0.3, 0.4) is 0 Å². The van der Waals surface area contributed by atoms with Crippen LogP contribution in [0.25, 0.3) is 0 Å². The Morgan fingerprint density at radius 3 is 2.54 bits per heavy atom. The summed E-state index contributed by atoms with van der Waals surface area (Å²) in [5, 5.41) is 0.659. The summed E-state index contributed by atoms with van der Waals surface area (Å²) in [7, 11) is -2.10. The van der Waals surface area contributed by atoms with Gasteiger partial charge in [0.25, 0.3) is 0 Å². The highest BCUT2D eigenvalue weighted by Gasteiger charge is 2.27. The van der Waals surface area contributed by atoms with Gasteiger partial charge in [0.05, 0.1) is 12.1 Å². The minimum Gasteiger partial charge on any atom is -0.493 e. The van der Waals surface area contributed by atoms with Gasteiger partial charge >= 0.3 is 6.61 Å². The lowest BCUT2D eigenvalue weighted by Crippen LogP contribution is -2.27. The van der Waals surface area contributed by atoms with Crippen molar-refractivity contribution in [2.75, 3.05) is 20.2 Å². The molecule has 0 N–H and O–H groups in total. The van der Waals surface area contributed by atoms with E-state index < -0.39 is 16.6 Å². The first kappa shape index (κ1) is 20.8. The van der Waals surface area contributed by atoms with Crippen molar-refractivity contribution in [2.45, 2.75) is 35.1 Å². The average molecular weight is 430 g/mol. The third-order valence-electron chi connectivity index (χ3n) is 4.24. The Kier molecular flexibility index (Phi) is 6.73. The highest BCUT2D eigenvalue weighted by molar-refractivity contribution is 7.98. The molecule has 1 aromatic heterocycles. The maximum atomic E-state index is 12.5. The minimum absolute atomic E-state index is 0.0270. The van der Waals surface area contributed by atoms with Crippen LogP contribution in [-0.2, 0) is 15.8 Å². The van der Waals surface area contributed by atoms with Crippen molar-refractivity contribution in [3.8, 4) is 11.5 Å². The first-order chi connectivity index (χ1) is 13.4. The van der Waals surface area contributed by atoms with E-state index in [1.165, 1.54) is 35.4 Å². The molecule has 152 valence electrons. The third kappa shape index (κ3) is 4.92. The topological polar surface area (TPSA) is 68.7 Å². The van der Waals surface area contributed by atoms with E-state index in [1.807, 2.05) is 0 Å². The van der Waals surface area contributed by atoms with Gasteiger partial charge < -0.3 is 9.47 Å². The molecule has 6 nitrogen and oxygen atoms in total. The molecule has 2 aromatic rings. The van der Waals surface area contributed by atoms with Gasteiger partial charge in [0.2, 0.25) is 10.0 Å². The van der Waals surface area contributed by atoms with Crippen molar-refractivity contribution < 1.29 is 26.7 Å². The van der Waals surface area contributed by atoms with Crippen molar-refractivity contribution in [3.05, 3.63) is 42.1 Å². The summed E-state index contributed by atoms with van der Waals surface area (Å²) in [5.41, 5.74) is 0.832. The zero-order valence-electron chi connectivity index (χ0n) is 15.2. The Morgan fingerprint density at radius 1 is 1.18 bits per heavy atom. The molecule has 1 aliphatic rings. The number of halogens is 2. The second-order valence-electron chi connectivity index (χ2n) is 6.10. The lowest BCUT2D eigenvalue weighted by atomic mass is 10.2. The van der Waals surface area contributed by atoms with Gasteiger partial charge in [0.15, 0.2) is 11.5 Å². The summed E-state index contributed by atoms with van der Waals surface area (Å²) in [6.45, 7) is -1.83. The van der Waals surface area contributed by atoms with E-state index in [-0.39, 0.29) is 16.4 Å². The molecule has 0 amide bonds. The fourth-order valence-electron chi connectivity index (χ4n) is 2.83. The van der Waals surface area contributed by atoms with E-state index in [4.69, 9.17) is 4.74 Å². The maximum Gasteiger partial charge on any atom is 0.387 e. The first-order valence-corrected chi connectivity index (χ1v) is 11.0. The van der Waals surface area contributed by atoms with Crippen LogP contribution in [0, 0.1) is 0 Å². The van der Waals surface area contributed by atoms with Crippen LogP contribution >= 0.6 is 11.8 Å². The van der Waals surface area contributed by atoms with Gasteiger partial charge in [-0.15, -0.1) is 11.8 Å². The molecule has 1 aromatic carbocycles. The van der Waals surface area contributed by atoms with E-state index in [0.717, 1.165) is 18.4 Å². The lowest BCUT2D eigenvalue weighted by molar-refractivity contribution is -0.0512. The smallest absolute Gasteiger partial charge is 0.387 e. The molecular formula is C18H20F2N2O4S2. The van der Waals surface area contributed by atoms with E-state index in [9.17, 15) is 17.2 Å². The van der Waals surface area contributed by atoms with Crippen LogP contribution in [0.1, 0.15) is 18.4 Å². The molecule has 0 radical (unpaired) electrons. The molecule has 1 fully saturated rings. The molecule has 0 saturated carbocycles. The first-order valence-electron chi connectivity index (χ1n) is 8.61. The highest BCUT2D eigenvalue weighted by atomic mass is 32.2. The molecule has 1 aliphatic heterocycles. The average Bonchev–Trinajstić information content (AvgIpc) is 3.23. The van der Waals surface area contributed by atoms with Crippen LogP contribution in [0.5, 0.6) is 11.5 Å². The van der Waals surface area contributed by atoms with E-state index >= 15 is 0 Å². The van der Waals surface area contributed by atoms with Gasteiger partial charge in [-0.3, -0.25) is 0 Å². The standard InChI is InChI=1S/C18H20F2N2O4S2/c1-25-16-10-13(4-6-15(16)26-18(19)20)12-27-17-7-5-14(11-21-17)28(23,24)22-8-2-3-9-22/h4-7,10-11,18H,2-3,8-9,12H2,1H3. The van der Waals surface area contributed by atoms with Crippen LogP contribution in [-0.4, -0.2) is 44.5 Å². The Bertz CT molecular complexity index is 902. The van der Waals surface area contributed by atoms with Gasteiger partial charge in [-0.05, 0) is 42.7 Å². The van der Waals surface area contributed by atoms with Gasteiger partial charge in [-0.1, -0.05) is 6.07 Å². The number of alkyl halides is 2. The monoisotopic (exact) mass is 430 g/mol. The van der Waals surface area contributed by atoms with Gasteiger partial charge in [0, 0.05) is 25.0 Å². The molecule has 3 rings (SSSR count). The fourth-order valence-corrected chi connectivity index (χ4v) is 5.08.